The first-order valence-corrected chi connectivity index (χ1v) is 5.31. The van der Waals surface area contributed by atoms with Crippen molar-refractivity contribution in [3.05, 3.63) is 42.0 Å². The quantitative estimate of drug-likeness (QED) is 0.768. The number of nitrogens with two attached hydrogens (primary N) is 1. The number of rotatable bonds is 2. The maximum atomic E-state index is 11.2. The lowest BCUT2D eigenvalue weighted by Gasteiger charge is -2.31. The van der Waals surface area contributed by atoms with Gasteiger partial charge in [0.1, 0.15) is 5.75 Å². The zero-order chi connectivity index (χ0) is 11.7. The number of benzene rings is 1. The zero-order valence-corrected chi connectivity index (χ0v) is 9.27. The van der Waals surface area contributed by atoms with E-state index in [1.165, 1.54) is 0 Å². The van der Waals surface area contributed by atoms with Crippen molar-refractivity contribution < 1.29 is 9.53 Å². The van der Waals surface area contributed by atoms with Crippen molar-refractivity contribution in [2.45, 2.75) is 12.8 Å². The second kappa shape index (κ2) is 4.00. The monoisotopic (exact) mass is 217 g/mol. The van der Waals surface area contributed by atoms with Crippen molar-refractivity contribution in [3.8, 4) is 5.75 Å². The third-order valence-electron chi connectivity index (χ3n) is 3.02. The lowest BCUT2D eigenvalue weighted by molar-refractivity contribution is -0.115. The minimum Gasteiger partial charge on any atom is -0.493 e. The Bertz CT molecular complexity index is 439. The summed E-state index contributed by atoms with van der Waals surface area (Å²) in [6, 6.07) is 7.71. The van der Waals surface area contributed by atoms with Gasteiger partial charge in [-0.05, 0) is 6.07 Å². The Hall–Kier alpha value is -1.77. The molecule has 0 saturated heterocycles. The number of hydrogen-bond acceptors (Lipinski definition) is 2. The zero-order valence-electron chi connectivity index (χ0n) is 9.27. The van der Waals surface area contributed by atoms with Crippen LogP contribution in [0.25, 0.3) is 0 Å². The molecule has 2 rings (SSSR count). The summed E-state index contributed by atoms with van der Waals surface area (Å²) < 4.78 is 5.60. The molecule has 0 saturated carbocycles. The highest BCUT2D eigenvalue weighted by atomic mass is 16.5. The van der Waals surface area contributed by atoms with E-state index in [2.05, 4.69) is 6.58 Å². The van der Waals surface area contributed by atoms with Crippen LogP contribution in [0.5, 0.6) is 5.75 Å². The summed E-state index contributed by atoms with van der Waals surface area (Å²) in [4.78, 5) is 11.2. The van der Waals surface area contributed by atoms with Gasteiger partial charge in [0.15, 0.2) is 0 Å². The van der Waals surface area contributed by atoms with Crippen molar-refractivity contribution in [3.63, 3.8) is 0 Å². The minimum atomic E-state index is -0.437. The number of carbonyl (C=O) groups is 1. The average Bonchev–Trinajstić information content (AvgIpc) is 2.28. The molecule has 2 unspecified atom stereocenters. The van der Waals surface area contributed by atoms with Gasteiger partial charge >= 0.3 is 0 Å². The predicted octanol–water partition coefficient (Wildman–Crippen LogP) is 1.84. The SMILES string of the molecule is C=C(C(N)=O)C1c2ccccc2OCC1C. The number of fused-ring (bicyclic) bond motifs is 1. The summed E-state index contributed by atoms with van der Waals surface area (Å²) in [6.07, 6.45) is 0. The van der Waals surface area contributed by atoms with Crippen molar-refractivity contribution >= 4 is 5.91 Å². The van der Waals surface area contributed by atoms with Crippen molar-refractivity contribution in [2.75, 3.05) is 6.61 Å². The molecule has 0 bridgehead atoms. The lowest BCUT2D eigenvalue weighted by atomic mass is 9.80. The maximum absolute atomic E-state index is 11.2. The van der Waals surface area contributed by atoms with Crippen LogP contribution in [0.3, 0.4) is 0 Å². The highest BCUT2D eigenvalue weighted by molar-refractivity contribution is 5.93. The Morgan fingerprint density at radius 3 is 2.88 bits per heavy atom. The molecule has 2 N–H and O–H groups in total. The van der Waals surface area contributed by atoms with E-state index in [0.717, 1.165) is 11.3 Å². The van der Waals surface area contributed by atoms with E-state index in [0.29, 0.717) is 12.2 Å². The van der Waals surface area contributed by atoms with Crippen LogP contribution >= 0.6 is 0 Å². The van der Waals surface area contributed by atoms with Gasteiger partial charge in [-0.15, -0.1) is 0 Å². The summed E-state index contributed by atoms with van der Waals surface area (Å²) in [5, 5.41) is 0. The molecule has 16 heavy (non-hydrogen) atoms. The van der Waals surface area contributed by atoms with Crippen LogP contribution in [-0.2, 0) is 4.79 Å². The second-order valence-corrected chi connectivity index (χ2v) is 4.19. The van der Waals surface area contributed by atoms with Gasteiger partial charge in [-0.1, -0.05) is 31.7 Å². The summed E-state index contributed by atoms with van der Waals surface area (Å²) >= 11 is 0. The number of amides is 1. The van der Waals surface area contributed by atoms with Gasteiger partial charge in [0.05, 0.1) is 6.61 Å². The summed E-state index contributed by atoms with van der Waals surface area (Å²) in [6.45, 7) is 6.42. The van der Waals surface area contributed by atoms with E-state index in [-0.39, 0.29) is 11.8 Å². The normalized spacial score (nSPS) is 23.1. The maximum Gasteiger partial charge on any atom is 0.244 e. The predicted molar refractivity (Wildman–Crippen MR) is 62.2 cm³/mol. The van der Waals surface area contributed by atoms with Crippen LogP contribution in [0.15, 0.2) is 36.4 Å². The van der Waals surface area contributed by atoms with E-state index in [9.17, 15) is 4.79 Å². The van der Waals surface area contributed by atoms with Gasteiger partial charge in [-0.25, -0.2) is 0 Å². The van der Waals surface area contributed by atoms with Crippen molar-refractivity contribution in [1.29, 1.82) is 0 Å². The standard InChI is InChI=1S/C13H15NO2/c1-8-7-16-11-6-4-3-5-10(11)12(8)9(2)13(14)15/h3-6,8,12H,2,7H2,1H3,(H2,14,15). The Balaban J connectivity index is 2.44. The van der Waals surface area contributed by atoms with E-state index < -0.39 is 5.91 Å². The van der Waals surface area contributed by atoms with Crippen LogP contribution in [0.2, 0.25) is 0 Å². The molecule has 1 aromatic rings. The Morgan fingerprint density at radius 1 is 1.50 bits per heavy atom. The highest BCUT2D eigenvalue weighted by Crippen LogP contribution is 2.40. The summed E-state index contributed by atoms with van der Waals surface area (Å²) in [7, 11) is 0. The number of hydrogen-bond donors (Lipinski definition) is 1. The van der Waals surface area contributed by atoms with Gasteiger partial charge < -0.3 is 10.5 Å². The van der Waals surface area contributed by atoms with Gasteiger partial charge in [0, 0.05) is 23.0 Å². The van der Waals surface area contributed by atoms with Crippen molar-refractivity contribution in [1.82, 2.24) is 0 Å². The minimum absolute atomic E-state index is 0.0255. The molecule has 1 amide bonds. The van der Waals surface area contributed by atoms with Gasteiger partial charge in [0.2, 0.25) is 5.91 Å². The molecule has 0 aromatic heterocycles. The second-order valence-electron chi connectivity index (χ2n) is 4.19. The molecule has 1 heterocycles. The summed E-state index contributed by atoms with van der Waals surface area (Å²) in [5.74, 6) is 0.582. The van der Waals surface area contributed by atoms with Gasteiger partial charge in [-0.2, -0.15) is 0 Å². The van der Waals surface area contributed by atoms with Crippen LogP contribution < -0.4 is 10.5 Å². The molecule has 1 aliphatic heterocycles. The smallest absolute Gasteiger partial charge is 0.244 e. The molecule has 3 nitrogen and oxygen atoms in total. The average molecular weight is 217 g/mol. The Labute approximate surface area is 94.9 Å². The molecular weight excluding hydrogens is 202 g/mol. The fraction of sp³-hybridized carbons (Fsp3) is 0.308. The number of para-hydroxylation sites is 1. The molecule has 0 radical (unpaired) electrons. The Kier molecular flexibility index (Phi) is 2.69. The third-order valence-corrected chi connectivity index (χ3v) is 3.02. The molecular formula is C13H15NO2. The first-order chi connectivity index (χ1) is 7.61. The van der Waals surface area contributed by atoms with Crippen LogP contribution in [0, 0.1) is 5.92 Å². The first kappa shape index (κ1) is 10.7. The molecule has 0 spiro atoms. The van der Waals surface area contributed by atoms with E-state index in [4.69, 9.17) is 10.5 Å². The van der Waals surface area contributed by atoms with Crippen LogP contribution in [0.1, 0.15) is 18.4 Å². The van der Waals surface area contributed by atoms with E-state index >= 15 is 0 Å². The Morgan fingerprint density at radius 2 is 2.19 bits per heavy atom. The van der Waals surface area contributed by atoms with Crippen LogP contribution in [0.4, 0.5) is 0 Å². The molecule has 1 aliphatic rings. The van der Waals surface area contributed by atoms with Crippen LogP contribution in [-0.4, -0.2) is 12.5 Å². The van der Waals surface area contributed by atoms with Gasteiger partial charge in [0.25, 0.3) is 0 Å². The van der Waals surface area contributed by atoms with E-state index in [1.54, 1.807) is 0 Å². The largest absolute Gasteiger partial charge is 0.493 e. The topological polar surface area (TPSA) is 52.3 Å². The number of ether oxygens (including phenoxy) is 1. The molecule has 2 atom stereocenters. The van der Waals surface area contributed by atoms with Gasteiger partial charge in [-0.3, -0.25) is 4.79 Å². The highest BCUT2D eigenvalue weighted by Gasteiger charge is 2.31. The van der Waals surface area contributed by atoms with Crippen molar-refractivity contribution in [2.24, 2.45) is 11.7 Å². The molecule has 0 fully saturated rings. The molecule has 3 heteroatoms. The summed E-state index contributed by atoms with van der Waals surface area (Å²) in [5.41, 5.74) is 6.77. The fourth-order valence-corrected chi connectivity index (χ4v) is 2.18. The lowest BCUT2D eigenvalue weighted by Crippen LogP contribution is -2.29. The molecule has 1 aromatic carbocycles. The number of primary amides is 1. The first-order valence-electron chi connectivity index (χ1n) is 5.31. The molecule has 84 valence electrons. The fourth-order valence-electron chi connectivity index (χ4n) is 2.18. The molecule has 0 aliphatic carbocycles. The number of carbonyl (C=O) groups excluding carboxylic acids is 1. The third kappa shape index (κ3) is 1.69. The van der Waals surface area contributed by atoms with E-state index in [1.807, 2.05) is 31.2 Å².